The van der Waals surface area contributed by atoms with Crippen LogP contribution in [-0.4, -0.2) is 17.5 Å². The first-order chi connectivity index (χ1) is 11.8. The maximum atomic E-state index is 12.3. The molecule has 3 aromatic rings. The topological polar surface area (TPSA) is 51.2 Å². The fourth-order valence-corrected chi connectivity index (χ4v) is 2.98. The van der Waals surface area contributed by atoms with E-state index in [1.165, 1.54) is 11.3 Å². The first-order valence-corrected chi connectivity index (χ1v) is 8.58. The first kappa shape index (κ1) is 16.2. The zero-order valence-electron chi connectivity index (χ0n) is 13.4. The summed E-state index contributed by atoms with van der Waals surface area (Å²) in [5.41, 5.74) is 4.35. The molecule has 0 atom stereocenters. The highest BCUT2D eigenvalue weighted by molar-refractivity contribution is 7.16. The van der Waals surface area contributed by atoms with Crippen molar-refractivity contribution in [2.24, 2.45) is 0 Å². The van der Waals surface area contributed by atoms with Gasteiger partial charge in [0.05, 0.1) is 15.7 Å². The van der Waals surface area contributed by atoms with Gasteiger partial charge in [0.25, 0.3) is 5.91 Å². The molecule has 0 unspecified atom stereocenters. The molecule has 24 heavy (non-hydrogen) atoms. The van der Waals surface area contributed by atoms with Crippen molar-refractivity contribution in [1.82, 2.24) is 10.3 Å². The lowest BCUT2D eigenvalue weighted by molar-refractivity contribution is 0.0951. The lowest BCUT2D eigenvalue weighted by Crippen LogP contribution is -2.22. The van der Waals surface area contributed by atoms with E-state index in [4.69, 9.17) is 4.74 Å². The summed E-state index contributed by atoms with van der Waals surface area (Å²) in [5, 5.41) is 2.94. The van der Waals surface area contributed by atoms with Crippen molar-refractivity contribution >= 4 is 27.5 Å². The molecule has 4 nitrogen and oxygen atoms in total. The molecule has 1 amide bonds. The third-order valence-corrected chi connectivity index (χ3v) is 4.32. The van der Waals surface area contributed by atoms with Gasteiger partial charge in [0.15, 0.2) is 0 Å². The van der Waals surface area contributed by atoms with E-state index < -0.39 is 0 Å². The number of rotatable bonds is 6. The summed E-state index contributed by atoms with van der Waals surface area (Å²) in [5.74, 6) is 0.705. The molecule has 0 aliphatic carbocycles. The average molecular weight is 338 g/mol. The van der Waals surface area contributed by atoms with Gasteiger partial charge < -0.3 is 10.1 Å². The number of ether oxygens (including phenoxy) is 1. The highest BCUT2D eigenvalue weighted by atomic mass is 32.1. The van der Waals surface area contributed by atoms with Crippen LogP contribution in [0.5, 0.6) is 5.75 Å². The Hall–Kier alpha value is -2.66. The Kier molecular flexibility index (Phi) is 5.23. The molecule has 0 aliphatic heterocycles. The largest absolute Gasteiger partial charge is 0.490 e. The van der Waals surface area contributed by atoms with Crippen LogP contribution in [0.1, 0.15) is 22.8 Å². The minimum absolute atomic E-state index is 0.0921. The van der Waals surface area contributed by atoms with E-state index in [0.29, 0.717) is 18.7 Å². The van der Waals surface area contributed by atoms with E-state index >= 15 is 0 Å². The van der Waals surface area contributed by atoms with Crippen LogP contribution in [0.15, 0.2) is 60.1 Å². The maximum Gasteiger partial charge on any atom is 0.251 e. The van der Waals surface area contributed by atoms with E-state index in [0.717, 1.165) is 21.5 Å². The van der Waals surface area contributed by atoms with Crippen molar-refractivity contribution in [2.75, 3.05) is 6.61 Å². The van der Waals surface area contributed by atoms with Gasteiger partial charge >= 0.3 is 0 Å². The number of fused-ring (bicyclic) bond motifs is 1. The van der Waals surface area contributed by atoms with E-state index in [1.54, 1.807) is 11.6 Å². The average Bonchev–Trinajstić information content (AvgIpc) is 3.08. The van der Waals surface area contributed by atoms with E-state index in [-0.39, 0.29) is 5.91 Å². The number of carbonyl (C=O) groups is 1. The van der Waals surface area contributed by atoms with Crippen LogP contribution in [-0.2, 0) is 6.54 Å². The summed E-state index contributed by atoms with van der Waals surface area (Å²) < 4.78 is 6.63. The summed E-state index contributed by atoms with van der Waals surface area (Å²) >= 11 is 1.53. The molecule has 2 aromatic carbocycles. The Morgan fingerprint density at radius 1 is 1.29 bits per heavy atom. The van der Waals surface area contributed by atoms with Crippen LogP contribution in [0.3, 0.4) is 0 Å². The fraction of sp³-hybridized carbons (Fsp3) is 0.158. The highest BCUT2D eigenvalue weighted by Crippen LogP contribution is 2.19. The number of thiazole rings is 1. The zero-order chi connectivity index (χ0) is 16.8. The number of benzene rings is 2. The quantitative estimate of drug-likeness (QED) is 0.686. The van der Waals surface area contributed by atoms with Gasteiger partial charge in [0.1, 0.15) is 12.4 Å². The Morgan fingerprint density at radius 3 is 3.08 bits per heavy atom. The standard InChI is InChI=1S/C19H18N2O2S/c1-2-3-9-23-16-6-4-5-14(10-16)12-20-19(22)15-7-8-17-18(11-15)24-13-21-17/h2-8,10-11,13H,9,12H2,1H3,(H,20,22)/b3-2+. The van der Waals surface area contributed by atoms with Crippen molar-refractivity contribution in [3.63, 3.8) is 0 Å². The van der Waals surface area contributed by atoms with E-state index in [9.17, 15) is 4.79 Å². The third-order valence-electron chi connectivity index (χ3n) is 3.53. The number of aromatic nitrogens is 1. The smallest absolute Gasteiger partial charge is 0.251 e. The molecular weight excluding hydrogens is 320 g/mol. The van der Waals surface area contributed by atoms with Gasteiger partial charge in [-0.15, -0.1) is 11.3 Å². The van der Waals surface area contributed by atoms with Crippen molar-refractivity contribution in [1.29, 1.82) is 0 Å². The fourth-order valence-electron chi connectivity index (χ4n) is 2.27. The summed E-state index contributed by atoms with van der Waals surface area (Å²) in [6.45, 7) is 2.96. The van der Waals surface area contributed by atoms with E-state index in [2.05, 4.69) is 10.3 Å². The summed E-state index contributed by atoms with van der Waals surface area (Å²) in [4.78, 5) is 16.5. The van der Waals surface area contributed by atoms with Gasteiger partial charge in [0, 0.05) is 12.1 Å². The molecule has 5 heteroatoms. The molecule has 0 aliphatic rings. The summed E-state index contributed by atoms with van der Waals surface area (Å²) in [6.07, 6.45) is 3.90. The van der Waals surface area contributed by atoms with Crippen molar-refractivity contribution in [3.8, 4) is 5.75 Å². The predicted molar refractivity (Wildman–Crippen MR) is 97.5 cm³/mol. The van der Waals surface area contributed by atoms with Crippen molar-refractivity contribution < 1.29 is 9.53 Å². The van der Waals surface area contributed by atoms with Gasteiger partial charge in [-0.1, -0.05) is 24.3 Å². The highest BCUT2D eigenvalue weighted by Gasteiger charge is 2.07. The molecular formula is C19H18N2O2S. The summed E-state index contributed by atoms with van der Waals surface area (Å²) in [6, 6.07) is 13.3. The molecule has 3 rings (SSSR count). The molecule has 1 aromatic heterocycles. The first-order valence-electron chi connectivity index (χ1n) is 7.70. The molecule has 0 radical (unpaired) electrons. The van der Waals surface area contributed by atoms with Gasteiger partial charge in [-0.3, -0.25) is 4.79 Å². The van der Waals surface area contributed by atoms with Gasteiger partial charge in [-0.2, -0.15) is 0 Å². The molecule has 1 heterocycles. The van der Waals surface area contributed by atoms with Crippen LogP contribution in [0.4, 0.5) is 0 Å². The van der Waals surface area contributed by atoms with Gasteiger partial charge in [-0.25, -0.2) is 4.98 Å². The second-order valence-corrected chi connectivity index (χ2v) is 6.13. The van der Waals surface area contributed by atoms with Crippen LogP contribution in [0, 0.1) is 0 Å². The number of allylic oxidation sites excluding steroid dienone is 1. The number of carbonyl (C=O) groups excluding carboxylic acids is 1. The van der Waals surface area contributed by atoms with Crippen molar-refractivity contribution in [2.45, 2.75) is 13.5 Å². The van der Waals surface area contributed by atoms with Crippen LogP contribution in [0.2, 0.25) is 0 Å². The zero-order valence-corrected chi connectivity index (χ0v) is 14.2. The third kappa shape index (κ3) is 4.00. The van der Waals surface area contributed by atoms with Crippen LogP contribution < -0.4 is 10.1 Å². The Bertz CT molecular complexity index is 870. The molecule has 1 N–H and O–H groups in total. The molecule has 0 spiro atoms. The Morgan fingerprint density at radius 2 is 2.21 bits per heavy atom. The van der Waals surface area contributed by atoms with E-state index in [1.807, 2.05) is 55.5 Å². The van der Waals surface area contributed by atoms with Gasteiger partial charge in [0.2, 0.25) is 0 Å². The minimum atomic E-state index is -0.0921. The molecule has 0 saturated carbocycles. The number of nitrogens with zero attached hydrogens (tertiary/aromatic N) is 1. The Balaban J connectivity index is 1.62. The second kappa shape index (κ2) is 7.75. The predicted octanol–water partition coefficient (Wildman–Crippen LogP) is 4.18. The van der Waals surface area contributed by atoms with Crippen LogP contribution >= 0.6 is 11.3 Å². The maximum absolute atomic E-state index is 12.3. The van der Waals surface area contributed by atoms with Gasteiger partial charge in [-0.05, 0) is 42.8 Å². The second-order valence-electron chi connectivity index (χ2n) is 5.24. The molecule has 0 saturated heterocycles. The monoisotopic (exact) mass is 338 g/mol. The minimum Gasteiger partial charge on any atom is -0.490 e. The number of amides is 1. The lowest BCUT2D eigenvalue weighted by Gasteiger charge is -2.08. The lowest BCUT2D eigenvalue weighted by atomic mass is 10.2. The molecule has 0 bridgehead atoms. The SMILES string of the molecule is C/C=C/COc1cccc(CNC(=O)c2ccc3ncsc3c2)c1. The molecule has 0 fully saturated rings. The normalized spacial score (nSPS) is 11.0. The number of hydrogen-bond acceptors (Lipinski definition) is 4. The number of hydrogen-bond donors (Lipinski definition) is 1. The Labute approximate surface area is 144 Å². The molecule has 122 valence electrons. The summed E-state index contributed by atoms with van der Waals surface area (Å²) in [7, 11) is 0. The number of nitrogens with one attached hydrogen (secondary N) is 1. The van der Waals surface area contributed by atoms with Crippen LogP contribution in [0.25, 0.3) is 10.2 Å². The van der Waals surface area contributed by atoms with Crippen molar-refractivity contribution in [3.05, 3.63) is 71.3 Å².